The van der Waals surface area contributed by atoms with Gasteiger partial charge in [0.2, 0.25) is 0 Å². The van der Waals surface area contributed by atoms with E-state index in [0.29, 0.717) is 23.8 Å². The molecule has 0 saturated heterocycles. The van der Waals surface area contributed by atoms with E-state index in [2.05, 4.69) is 22.0 Å². The van der Waals surface area contributed by atoms with Crippen molar-refractivity contribution in [2.24, 2.45) is 0 Å². The van der Waals surface area contributed by atoms with Gasteiger partial charge in [-0.05, 0) is 42.8 Å². The van der Waals surface area contributed by atoms with Crippen LogP contribution in [-0.4, -0.2) is 48.3 Å². The molecule has 2 rings (SSSR count). The normalized spacial score (nSPS) is 10.2. The number of methoxy groups -OCH3 is 1. The van der Waals surface area contributed by atoms with Crippen molar-refractivity contribution in [2.75, 3.05) is 30.5 Å². The summed E-state index contributed by atoms with van der Waals surface area (Å²) in [5.74, 6) is -0.873. The van der Waals surface area contributed by atoms with Crippen LogP contribution >= 0.6 is 0 Å². The summed E-state index contributed by atoms with van der Waals surface area (Å²) in [6.07, 6.45) is 4.12. The minimum absolute atomic E-state index is 0.284. The molecule has 9 heteroatoms. The van der Waals surface area contributed by atoms with E-state index >= 15 is 0 Å². The van der Waals surface area contributed by atoms with Crippen molar-refractivity contribution in [2.45, 2.75) is 26.2 Å². The second-order valence-corrected chi connectivity index (χ2v) is 6.39. The summed E-state index contributed by atoms with van der Waals surface area (Å²) in [4.78, 5) is 40.6. The molecule has 1 aromatic carbocycles. The Hall–Kier alpha value is -3.62. The van der Waals surface area contributed by atoms with Crippen LogP contribution in [0.25, 0.3) is 0 Å². The van der Waals surface area contributed by atoms with Crippen LogP contribution in [0.1, 0.15) is 36.5 Å². The zero-order valence-electron chi connectivity index (χ0n) is 17.0. The Balaban J connectivity index is 2.11. The Bertz CT molecular complexity index is 852. The van der Waals surface area contributed by atoms with Gasteiger partial charge in [-0.3, -0.25) is 10.2 Å². The Kier molecular flexibility index (Phi) is 8.61. The molecule has 0 aliphatic rings. The fourth-order valence-corrected chi connectivity index (χ4v) is 2.62. The van der Waals surface area contributed by atoms with E-state index in [1.165, 1.54) is 25.4 Å². The highest BCUT2D eigenvalue weighted by molar-refractivity contribution is 6.01. The average molecular weight is 415 g/mol. The van der Waals surface area contributed by atoms with Gasteiger partial charge in [-0.1, -0.05) is 19.8 Å². The lowest BCUT2D eigenvalue weighted by molar-refractivity contribution is -0.139. The Morgan fingerprint density at radius 1 is 1.10 bits per heavy atom. The van der Waals surface area contributed by atoms with Crippen LogP contribution in [0.15, 0.2) is 42.6 Å². The third-order valence-corrected chi connectivity index (χ3v) is 4.16. The number of aliphatic carboxylic acids is 1. The maximum Gasteiger partial charge on any atom is 0.341 e. The summed E-state index contributed by atoms with van der Waals surface area (Å²) >= 11 is 0. The second-order valence-electron chi connectivity index (χ2n) is 6.39. The number of anilines is 2. The maximum atomic E-state index is 12.9. The number of rotatable bonds is 10. The molecule has 160 valence electrons. The molecule has 0 spiro atoms. The first kappa shape index (κ1) is 22.7. The molecule has 2 aromatic rings. The molecular weight excluding hydrogens is 390 g/mol. The number of urea groups is 1. The predicted molar refractivity (Wildman–Crippen MR) is 111 cm³/mol. The van der Waals surface area contributed by atoms with Gasteiger partial charge in [0.1, 0.15) is 11.6 Å². The van der Waals surface area contributed by atoms with Crippen LogP contribution in [0.4, 0.5) is 16.3 Å². The topological polar surface area (TPSA) is 118 Å². The van der Waals surface area contributed by atoms with E-state index in [4.69, 9.17) is 9.84 Å². The fourth-order valence-electron chi connectivity index (χ4n) is 2.62. The Labute approximate surface area is 174 Å². The van der Waals surface area contributed by atoms with Crippen molar-refractivity contribution in [3.05, 3.63) is 48.2 Å². The first-order valence-electron chi connectivity index (χ1n) is 9.52. The van der Waals surface area contributed by atoms with Gasteiger partial charge in [-0.25, -0.2) is 19.4 Å². The van der Waals surface area contributed by atoms with Gasteiger partial charge >= 0.3 is 18.0 Å². The number of amides is 2. The number of carboxylic acid groups (broad SMARTS) is 1. The van der Waals surface area contributed by atoms with Crippen molar-refractivity contribution in [1.82, 2.24) is 4.98 Å². The largest absolute Gasteiger partial charge is 0.482 e. The SMILES string of the molecule is CCCCCN(C(=O)Nc1ccc(C(=O)OC)cn1)c1ccc(OCC(=O)O)cc1. The van der Waals surface area contributed by atoms with Crippen molar-refractivity contribution in [3.8, 4) is 5.75 Å². The first-order chi connectivity index (χ1) is 14.4. The molecule has 30 heavy (non-hydrogen) atoms. The van der Waals surface area contributed by atoms with Crippen LogP contribution in [-0.2, 0) is 9.53 Å². The molecule has 0 aliphatic heterocycles. The summed E-state index contributed by atoms with van der Waals surface area (Å²) in [6.45, 7) is 2.13. The molecule has 0 aliphatic carbocycles. The smallest absolute Gasteiger partial charge is 0.341 e. The van der Waals surface area contributed by atoms with Crippen LogP contribution in [0.5, 0.6) is 5.75 Å². The summed E-state index contributed by atoms with van der Waals surface area (Å²) in [7, 11) is 1.28. The highest BCUT2D eigenvalue weighted by Gasteiger charge is 2.17. The van der Waals surface area contributed by atoms with Gasteiger partial charge in [0.15, 0.2) is 6.61 Å². The summed E-state index contributed by atoms with van der Waals surface area (Å²) in [6, 6.07) is 9.28. The van der Waals surface area contributed by atoms with Gasteiger partial charge in [0.25, 0.3) is 0 Å². The molecule has 1 aromatic heterocycles. The highest BCUT2D eigenvalue weighted by Crippen LogP contribution is 2.21. The molecule has 9 nitrogen and oxygen atoms in total. The lowest BCUT2D eigenvalue weighted by Crippen LogP contribution is -2.36. The number of pyridine rings is 1. The van der Waals surface area contributed by atoms with Crippen LogP contribution < -0.4 is 15.0 Å². The maximum absolute atomic E-state index is 12.9. The summed E-state index contributed by atoms with van der Waals surface area (Å²) < 4.78 is 9.76. The number of hydrogen-bond donors (Lipinski definition) is 2. The molecule has 0 radical (unpaired) electrons. The molecular formula is C21H25N3O6. The fraction of sp³-hybridized carbons (Fsp3) is 0.333. The Morgan fingerprint density at radius 2 is 1.83 bits per heavy atom. The average Bonchev–Trinajstić information content (AvgIpc) is 2.75. The van der Waals surface area contributed by atoms with Gasteiger partial charge in [0, 0.05) is 18.4 Å². The van der Waals surface area contributed by atoms with Crippen molar-refractivity contribution in [3.63, 3.8) is 0 Å². The van der Waals surface area contributed by atoms with E-state index in [0.717, 1.165) is 19.3 Å². The standard InChI is InChI=1S/C21H25N3O6/c1-3-4-5-12-24(16-7-9-17(10-8-16)30-14-19(25)26)21(28)23-18-11-6-15(13-22-18)20(27)29-2/h6-11,13H,3-5,12,14H2,1-2H3,(H,25,26)(H,22,23,28). The quantitative estimate of drug-likeness (QED) is 0.450. The number of unbranched alkanes of at least 4 members (excludes halogenated alkanes) is 2. The van der Waals surface area contributed by atoms with Crippen LogP contribution in [0.2, 0.25) is 0 Å². The molecule has 2 N–H and O–H groups in total. The van der Waals surface area contributed by atoms with Gasteiger partial charge in [-0.15, -0.1) is 0 Å². The third-order valence-electron chi connectivity index (χ3n) is 4.16. The number of nitrogens with one attached hydrogen (secondary N) is 1. The number of ether oxygens (including phenoxy) is 2. The van der Waals surface area contributed by atoms with Gasteiger partial charge in [-0.2, -0.15) is 0 Å². The van der Waals surface area contributed by atoms with E-state index in [1.807, 2.05) is 0 Å². The number of carboxylic acids is 1. The monoisotopic (exact) mass is 415 g/mol. The third kappa shape index (κ3) is 6.77. The molecule has 2 amide bonds. The number of aromatic nitrogens is 1. The predicted octanol–water partition coefficient (Wildman–Crippen LogP) is 3.56. The first-order valence-corrected chi connectivity index (χ1v) is 9.52. The van der Waals surface area contributed by atoms with E-state index in [1.54, 1.807) is 29.2 Å². The number of carbonyl (C=O) groups is 3. The molecule has 0 unspecified atom stereocenters. The van der Waals surface area contributed by atoms with E-state index in [9.17, 15) is 14.4 Å². The van der Waals surface area contributed by atoms with Crippen LogP contribution in [0, 0.1) is 0 Å². The summed E-state index contributed by atoms with van der Waals surface area (Å²) in [5, 5.41) is 11.4. The summed E-state index contributed by atoms with van der Waals surface area (Å²) in [5.41, 5.74) is 0.921. The second kappa shape index (κ2) is 11.4. The van der Waals surface area contributed by atoms with Gasteiger partial charge < -0.3 is 14.6 Å². The van der Waals surface area contributed by atoms with Gasteiger partial charge in [0.05, 0.1) is 12.7 Å². The van der Waals surface area contributed by atoms with Crippen molar-refractivity contribution < 1.29 is 29.0 Å². The molecule has 1 heterocycles. The molecule has 0 fully saturated rings. The molecule has 0 saturated carbocycles. The minimum Gasteiger partial charge on any atom is -0.482 e. The molecule has 0 atom stereocenters. The van der Waals surface area contributed by atoms with Crippen molar-refractivity contribution in [1.29, 1.82) is 0 Å². The molecule has 0 bridgehead atoms. The number of esters is 1. The zero-order chi connectivity index (χ0) is 21.9. The minimum atomic E-state index is -1.06. The number of nitrogens with zero attached hydrogens (tertiary/aromatic N) is 2. The van der Waals surface area contributed by atoms with Crippen molar-refractivity contribution >= 4 is 29.5 Å². The Morgan fingerprint density at radius 3 is 2.40 bits per heavy atom. The number of hydrogen-bond acceptors (Lipinski definition) is 6. The number of carbonyl (C=O) groups excluding carboxylic acids is 2. The lowest BCUT2D eigenvalue weighted by atomic mass is 10.2. The zero-order valence-corrected chi connectivity index (χ0v) is 17.0. The van der Waals surface area contributed by atoms with E-state index < -0.39 is 18.5 Å². The van der Waals surface area contributed by atoms with Crippen LogP contribution in [0.3, 0.4) is 0 Å². The van der Waals surface area contributed by atoms with E-state index in [-0.39, 0.29) is 11.6 Å². The highest BCUT2D eigenvalue weighted by atomic mass is 16.5. The lowest BCUT2D eigenvalue weighted by Gasteiger charge is -2.23. The number of benzene rings is 1.